The van der Waals surface area contributed by atoms with Gasteiger partial charge in [-0.1, -0.05) is 31.5 Å². The first-order valence-corrected chi connectivity index (χ1v) is 6.08. The van der Waals surface area contributed by atoms with Gasteiger partial charge in [0.2, 0.25) is 0 Å². The molecule has 0 aromatic heterocycles. The van der Waals surface area contributed by atoms with Crippen molar-refractivity contribution in [2.45, 2.75) is 37.0 Å². The third kappa shape index (κ3) is 3.19. The summed E-state index contributed by atoms with van der Waals surface area (Å²) in [4.78, 5) is 1.15. The van der Waals surface area contributed by atoms with E-state index in [1.54, 1.807) is 0 Å². The van der Waals surface area contributed by atoms with Gasteiger partial charge >= 0.3 is 0 Å². The van der Waals surface area contributed by atoms with Gasteiger partial charge in [-0.2, -0.15) is 0 Å². The smallest absolute Gasteiger partial charge is 0.0545 e. The van der Waals surface area contributed by atoms with Crippen molar-refractivity contribution in [3.05, 3.63) is 28.8 Å². The van der Waals surface area contributed by atoms with Gasteiger partial charge < -0.3 is 5.73 Å². The van der Waals surface area contributed by atoms with Crippen molar-refractivity contribution in [2.75, 3.05) is 0 Å². The average Bonchev–Trinajstić information content (AvgIpc) is 2.20. The van der Waals surface area contributed by atoms with Gasteiger partial charge in [-0.25, -0.2) is 0 Å². The molecule has 0 spiro atoms. The third-order valence-corrected chi connectivity index (χ3v) is 3.91. The lowest BCUT2D eigenvalue weighted by Gasteiger charge is -2.10. The zero-order valence-electron chi connectivity index (χ0n) is 8.59. The Morgan fingerprint density at radius 1 is 1.50 bits per heavy atom. The Kier molecular flexibility index (Phi) is 4.79. The molecule has 0 saturated carbocycles. The summed E-state index contributed by atoms with van der Waals surface area (Å²) in [6.07, 6.45) is 1.15. The molecule has 1 unspecified atom stereocenters. The fourth-order valence-electron chi connectivity index (χ4n) is 1.07. The fraction of sp³-hybridized carbons (Fsp3) is 0.455. The van der Waals surface area contributed by atoms with Crippen LogP contribution in [0.2, 0.25) is 5.02 Å². The maximum absolute atomic E-state index is 6.13. The van der Waals surface area contributed by atoms with E-state index in [4.69, 9.17) is 17.3 Å². The highest BCUT2D eigenvalue weighted by Gasteiger charge is 2.06. The highest BCUT2D eigenvalue weighted by molar-refractivity contribution is 8.00. The van der Waals surface area contributed by atoms with Crippen LogP contribution in [-0.4, -0.2) is 5.25 Å². The van der Waals surface area contributed by atoms with Crippen LogP contribution in [0.5, 0.6) is 0 Å². The van der Waals surface area contributed by atoms with Crippen LogP contribution in [0.4, 0.5) is 0 Å². The maximum atomic E-state index is 6.13. The Morgan fingerprint density at radius 3 is 2.71 bits per heavy atom. The van der Waals surface area contributed by atoms with Gasteiger partial charge in [0.15, 0.2) is 0 Å². The first-order valence-electron chi connectivity index (χ1n) is 4.82. The molecule has 0 saturated heterocycles. The molecule has 0 bridgehead atoms. The minimum atomic E-state index is 0.550. The fourth-order valence-corrected chi connectivity index (χ4v) is 2.32. The average molecular weight is 230 g/mol. The molecule has 1 rings (SSSR count). The molecule has 0 fully saturated rings. The molecule has 3 heteroatoms. The van der Waals surface area contributed by atoms with Gasteiger partial charge in [0.05, 0.1) is 5.02 Å². The summed E-state index contributed by atoms with van der Waals surface area (Å²) >= 11 is 7.95. The van der Waals surface area contributed by atoms with E-state index in [0.717, 1.165) is 21.9 Å². The summed E-state index contributed by atoms with van der Waals surface area (Å²) in [5.41, 5.74) is 6.62. The molecule has 0 amide bonds. The summed E-state index contributed by atoms with van der Waals surface area (Å²) < 4.78 is 0. The van der Waals surface area contributed by atoms with Crippen LogP contribution < -0.4 is 5.73 Å². The van der Waals surface area contributed by atoms with Gasteiger partial charge in [0.25, 0.3) is 0 Å². The molecular weight excluding hydrogens is 214 g/mol. The molecule has 0 aliphatic rings. The summed E-state index contributed by atoms with van der Waals surface area (Å²) in [5, 5.41) is 1.43. The van der Waals surface area contributed by atoms with E-state index in [1.807, 2.05) is 23.9 Å². The minimum absolute atomic E-state index is 0.550. The largest absolute Gasteiger partial charge is 0.326 e. The molecule has 0 aliphatic heterocycles. The van der Waals surface area contributed by atoms with E-state index in [9.17, 15) is 0 Å². The van der Waals surface area contributed by atoms with Crippen LogP contribution in [0.1, 0.15) is 25.8 Å². The number of halogens is 1. The predicted octanol–water partition coefficient (Wildman–Crippen LogP) is 3.69. The topological polar surface area (TPSA) is 26.0 Å². The molecule has 0 aliphatic carbocycles. The number of rotatable bonds is 4. The van der Waals surface area contributed by atoms with Crippen molar-refractivity contribution in [3.63, 3.8) is 0 Å². The van der Waals surface area contributed by atoms with E-state index in [-0.39, 0.29) is 0 Å². The second kappa shape index (κ2) is 5.64. The molecule has 14 heavy (non-hydrogen) atoms. The molecule has 0 radical (unpaired) electrons. The third-order valence-electron chi connectivity index (χ3n) is 2.14. The molecule has 0 heterocycles. The Labute approximate surface area is 95.0 Å². The zero-order chi connectivity index (χ0) is 10.6. The molecule has 1 aromatic carbocycles. The Hall–Kier alpha value is -0.180. The Bertz CT molecular complexity index is 301. The summed E-state index contributed by atoms with van der Waals surface area (Å²) in [7, 11) is 0. The molecule has 1 aromatic rings. The van der Waals surface area contributed by atoms with Crippen LogP contribution in [0.3, 0.4) is 0 Å². The van der Waals surface area contributed by atoms with Gasteiger partial charge in [0, 0.05) is 16.7 Å². The van der Waals surface area contributed by atoms with Crippen molar-refractivity contribution in [2.24, 2.45) is 5.73 Å². The number of hydrogen-bond acceptors (Lipinski definition) is 2. The molecule has 1 nitrogen and oxygen atoms in total. The first kappa shape index (κ1) is 11.9. The van der Waals surface area contributed by atoms with E-state index in [1.165, 1.54) is 0 Å². The number of benzene rings is 1. The number of hydrogen-bond donors (Lipinski definition) is 1. The minimum Gasteiger partial charge on any atom is -0.326 e. The SMILES string of the molecule is CCC(C)Sc1ccc(CN)cc1Cl. The highest BCUT2D eigenvalue weighted by atomic mass is 35.5. The molecule has 1 atom stereocenters. The van der Waals surface area contributed by atoms with Crippen LogP contribution in [0, 0.1) is 0 Å². The van der Waals surface area contributed by atoms with Crippen LogP contribution in [0.15, 0.2) is 23.1 Å². The normalized spacial score (nSPS) is 12.9. The lowest BCUT2D eigenvalue weighted by Crippen LogP contribution is -1.97. The summed E-state index contributed by atoms with van der Waals surface area (Å²) in [5.74, 6) is 0. The van der Waals surface area contributed by atoms with Crippen molar-refractivity contribution >= 4 is 23.4 Å². The Balaban J connectivity index is 2.78. The standard InChI is InChI=1S/C11H16ClNS/c1-3-8(2)14-11-5-4-9(7-13)6-10(11)12/h4-6,8H,3,7,13H2,1-2H3. The second-order valence-electron chi connectivity index (χ2n) is 3.31. The highest BCUT2D eigenvalue weighted by Crippen LogP contribution is 2.31. The van der Waals surface area contributed by atoms with Crippen molar-refractivity contribution in [1.29, 1.82) is 0 Å². The molecule has 2 N–H and O–H groups in total. The molecular formula is C11H16ClNS. The van der Waals surface area contributed by atoms with Crippen LogP contribution >= 0.6 is 23.4 Å². The van der Waals surface area contributed by atoms with E-state index >= 15 is 0 Å². The zero-order valence-corrected chi connectivity index (χ0v) is 10.2. The van der Waals surface area contributed by atoms with Crippen molar-refractivity contribution in [1.82, 2.24) is 0 Å². The second-order valence-corrected chi connectivity index (χ2v) is 5.19. The Morgan fingerprint density at radius 2 is 2.21 bits per heavy atom. The van der Waals surface area contributed by atoms with Gasteiger partial charge in [-0.15, -0.1) is 11.8 Å². The summed E-state index contributed by atoms with van der Waals surface area (Å²) in [6, 6.07) is 6.05. The lowest BCUT2D eigenvalue weighted by atomic mass is 10.2. The number of thioether (sulfide) groups is 1. The first-order chi connectivity index (χ1) is 6.67. The predicted molar refractivity (Wildman–Crippen MR) is 65.0 cm³/mol. The van der Waals surface area contributed by atoms with Crippen LogP contribution in [0.25, 0.3) is 0 Å². The van der Waals surface area contributed by atoms with E-state index in [2.05, 4.69) is 19.9 Å². The lowest BCUT2D eigenvalue weighted by molar-refractivity contribution is 0.905. The maximum Gasteiger partial charge on any atom is 0.0545 e. The van der Waals surface area contributed by atoms with Gasteiger partial charge in [-0.05, 0) is 24.1 Å². The monoisotopic (exact) mass is 229 g/mol. The van der Waals surface area contributed by atoms with Gasteiger partial charge in [0.1, 0.15) is 0 Å². The number of nitrogens with two attached hydrogens (primary N) is 1. The quantitative estimate of drug-likeness (QED) is 0.797. The van der Waals surface area contributed by atoms with Gasteiger partial charge in [-0.3, -0.25) is 0 Å². The van der Waals surface area contributed by atoms with Crippen molar-refractivity contribution in [3.8, 4) is 0 Å². The van der Waals surface area contributed by atoms with E-state index < -0.39 is 0 Å². The van der Waals surface area contributed by atoms with E-state index in [0.29, 0.717) is 11.8 Å². The van der Waals surface area contributed by atoms with Crippen molar-refractivity contribution < 1.29 is 0 Å². The van der Waals surface area contributed by atoms with Crippen LogP contribution in [-0.2, 0) is 6.54 Å². The molecule has 78 valence electrons. The summed E-state index contributed by atoms with van der Waals surface area (Å²) in [6.45, 7) is 4.94.